The number of benzene rings is 2. The molecule has 7 heteroatoms. The molecular weight excluding hydrogens is 390 g/mol. The van der Waals surface area contributed by atoms with Crippen LogP contribution in [-0.2, 0) is 11.3 Å². The SMILES string of the molecule is C[C@@H](NC(=O)c1cccc(CN2CCCC2=O)c1)c1cc(F)c(Cl)cc1Cl. The van der Waals surface area contributed by atoms with Crippen LogP contribution in [0.4, 0.5) is 4.39 Å². The maximum absolute atomic E-state index is 13.7. The summed E-state index contributed by atoms with van der Waals surface area (Å²) in [6.45, 7) is 2.95. The fourth-order valence-electron chi connectivity index (χ4n) is 3.13. The Hall–Kier alpha value is -2.11. The minimum atomic E-state index is -0.588. The van der Waals surface area contributed by atoms with Crippen LogP contribution in [0.3, 0.4) is 0 Å². The first-order chi connectivity index (χ1) is 12.8. The molecule has 2 aromatic carbocycles. The summed E-state index contributed by atoms with van der Waals surface area (Å²) in [5, 5.41) is 3.04. The lowest BCUT2D eigenvalue weighted by atomic mass is 10.1. The average Bonchev–Trinajstić information content (AvgIpc) is 3.03. The van der Waals surface area contributed by atoms with Crippen molar-refractivity contribution in [2.45, 2.75) is 32.4 Å². The van der Waals surface area contributed by atoms with E-state index < -0.39 is 11.9 Å². The largest absolute Gasteiger partial charge is 0.345 e. The predicted octanol–water partition coefficient (Wildman–Crippen LogP) is 4.75. The molecule has 2 aromatic rings. The molecule has 1 heterocycles. The molecule has 1 N–H and O–H groups in total. The van der Waals surface area contributed by atoms with Crippen molar-refractivity contribution < 1.29 is 14.0 Å². The van der Waals surface area contributed by atoms with Gasteiger partial charge in [-0.25, -0.2) is 4.39 Å². The molecule has 0 radical (unpaired) electrons. The highest BCUT2D eigenvalue weighted by Gasteiger charge is 2.21. The Morgan fingerprint density at radius 2 is 2.04 bits per heavy atom. The van der Waals surface area contributed by atoms with Gasteiger partial charge in [0, 0.05) is 30.1 Å². The lowest BCUT2D eigenvalue weighted by Crippen LogP contribution is -2.27. The number of likely N-dealkylation sites (tertiary alicyclic amines) is 1. The van der Waals surface area contributed by atoms with Gasteiger partial charge in [0.05, 0.1) is 11.1 Å². The van der Waals surface area contributed by atoms with Gasteiger partial charge in [0.25, 0.3) is 5.91 Å². The normalized spacial score (nSPS) is 15.1. The van der Waals surface area contributed by atoms with Crippen molar-refractivity contribution in [3.8, 4) is 0 Å². The van der Waals surface area contributed by atoms with Crippen molar-refractivity contribution in [2.24, 2.45) is 0 Å². The molecule has 0 unspecified atom stereocenters. The number of rotatable bonds is 5. The lowest BCUT2D eigenvalue weighted by molar-refractivity contribution is -0.128. The van der Waals surface area contributed by atoms with Gasteiger partial charge in [0.1, 0.15) is 5.82 Å². The van der Waals surface area contributed by atoms with E-state index >= 15 is 0 Å². The van der Waals surface area contributed by atoms with Gasteiger partial charge in [-0.15, -0.1) is 0 Å². The maximum atomic E-state index is 13.7. The first-order valence-corrected chi connectivity index (χ1v) is 9.43. The summed E-state index contributed by atoms with van der Waals surface area (Å²) in [5.41, 5.74) is 1.81. The number of nitrogens with zero attached hydrogens (tertiary/aromatic N) is 1. The number of carbonyl (C=O) groups is 2. The monoisotopic (exact) mass is 408 g/mol. The summed E-state index contributed by atoms with van der Waals surface area (Å²) in [6.07, 6.45) is 1.45. The van der Waals surface area contributed by atoms with Crippen LogP contribution in [0.25, 0.3) is 0 Å². The Bertz CT molecular complexity index is 888. The molecule has 0 aromatic heterocycles. The van der Waals surface area contributed by atoms with Gasteiger partial charge in [-0.2, -0.15) is 0 Å². The van der Waals surface area contributed by atoms with Crippen molar-refractivity contribution in [1.29, 1.82) is 0 Å². The molecule has 4 nitrogen and oxygen atoms in total. The highest BCUT2D eigenvalue weighted by molar-refractivity contribution is 6.35. The van der Waals surface area contributed by atoms with Gasteiger partial charge in [-0.1, -0.05) is 35.3 Å². The third kappa shape index (κ3) is 4.60. The molecule has 1 aliphatic heterocycles. The third-order valence-electron chi connectivity index (χ3n) is 4.59. The predicted molar refractivity (Wildman–Crippen MR) is 103 cm³/mol. The van der Waals surface area contributed by atoms with E-state index in [0.29, 0.717) is 24.1 Å². The maximum Gasteiger partial charge on any atom is 0.251 e. The quantitative estimate of drug-likeness (QED) is 0.725. The molecule has 3 rings (SSSR count). The molecule has 1 fully saturated rings. The van der Waals surface area contributed by atoms with E-state index in [0.717, 1.165) is 18.5 Å². The topological polar surface area (TPSA) is 49.4 Å². The average molecular weight is 409 g/mol. The van der Waals surface area contributed by atoms with Crippen molar-refractivity contribution in [3.63, 3.8) is 0 Å². The van der Waals surface area contributed by atoms with Crippen molar-refractivity contribution in [1.82, 2.24) is 10.2 Å². The van der Waals surface area contributed by atoms with Crippen LogP contribution in [0.2, 0.25) is 10.0 Å². The van der Waals surface area contributed by atoms with E-state index in [2.05, 4.69) is 5.32 Å². The zero-order valence-corrected chi connectivity index (χ0v) is 16.3. The zero-order valence-electron chi connectivity index (χ0n) is 14.8. The minimum absolute atomic E-state index is 0.0635. The lowest BCUT2D eigenvalue weighted by Gasteiger charge is -2.18. The van der Waals surface area contributed by atoms with Crippen molar-refractivity contribution in [2.75, 3.05) is 6.54 Å². The second kappa shape index (κ2) is 8.28. The fourth-order valence-corrected chi connectivity index (χ4v) is 3.68. The summed E-state index contributed by atoms with van der Waals surface area (Å²) in [6, 6.07) is 9.18. The molecule has 0 bridgehead atoms. The van der Waals surface area contributed by atoms with Gasteiger partial charge in [-0.05, 0) is 48.7 Å². The van der Waals surface area contributed by atoms with E-state index in [1.807, 2.05) is 6.07 Å². The smallest absolute Gasteiger partial charge is 0.251 e. The van der Waals surface area contributed by atoms with Crippen LogP contribution < -0.4 is 5.32 Å². The highest BCUT2D eigenvalue weighted by atomic mass is 35.5. The molecule has 0 aliphatic carbocycles. The zero-order chi connectivity index (χ0) is 19.6. The number of amides is 2. The molecule has 27 heavy (non-hydrogen) atoms. The van der Waals surface area contributed by atoms with Crippen LogP contribution in [-0.4, -0.2) is 23.3 Å². The number of halogens is 3. The van der Waals surface area contributed by atoms with E-state index in [9.17, 15) is 14.0 Å². The second-order valence-corrected chi connectivity index (χ2v) is 7.42. The van der Waals surface area contributed by atoms with E-state index in [1.165, 1.54) is 12.1 Å². The van der Waals surface area contributed by atoms with Crippen LogP contribution >= 0.6 is 23.2 Å². The van der Waals surface area contributed by atoms with Gasteiger partial charge in [-0.3, -0.25) is 9.59 Å². The number of hydrogen-bond donors (Lipinski definition) is 1. The van der Waals surface area contributed by atoms with Crippen LogP contribution in [0.15, 0.2) is 36.4 Å². The Balaban J connectivity index is 1.71. The standard InChI is InChI=1S/C20H19Cl2FN2O2/c1-12(15-9-18(23)17(22)10-16(15)21)24-20(27)14-5-2-4-13(8-14)11-25-7-3-6-19(25)26/h2,4-5,8-10,12H,3,6-7,11H2,1H3,(H,24,27)/t12-/m1/s1. The van der Waals surface area contributed by atoms with Gasteiger partial charge in [0.15, 0.2) is 0 Å². The molecule has 1 saturated heterocycles. The molecule has 0 spiro atoms. The number of hydrogen-bond acceptors (Lipinski definition) is 2. The summed E-state index contributed by atoms with van der Waals surface area (Å²) in [7, 11) is 0. The van der Waals surface area contributed by atoms with E-state index in [-0.39, 0.29) is 21.9 Å². The van der Waals surface area contributed by atoms with Gasteiger partial charge >= 0.3 is 0 Å². The number of carbonyl (C=O) groups excluding carboxylic acids is 2. The fraction of sp³-hybridized carbons (Fsp3) is 0.300. The summed E-state index contributed by atoms with van der Waals surface area (Å²) in [4.78, 5) is 26.2. The summed E-state index contributed by atoms with van der Waals surface area (Å²) < 4.78 is 13.7. The van der Waals surface area contributed by atoms with Crippen LogP contribution in [0.1, 0.15) is 47.3 Å². The second-order valence-electron chi connectivity index (χ2n) is 6.60. The minimum Gasteiger partial charge on any atom is -0.345 e. The van der Waals surface area contributed by atoms with Crippen molar-refractivity contribution >= 4 is 35.0 Å². The van der Waals surface area contributed by atoms with E-state index in [4.69, 9.17) is 23.2 Å². The summed E-state index contributed by atoms with van der Waals surface area (Å²) in [5.74, 6) is -0.754. The van der Waals surface area contributed by atoms with Crippen LogP contribution in [0, 0.1) is 5.82 Å². The van der Waals surface area contributed by atoms with Gasteiger partial charge < -0.3 is 10.2 Å². The Labute approximate surface area is 167 Å². The first-order valence-electron chi connectivity index (χ1n) is 8.67. The highest BCUT2D eigenvalue weighted by Crippen LogP contribution is 2.28. The molecule has 0 saturated carbocycles. The Morgan fingerprint density at radius 1 is 1.26 bits per heavy atom. The van der Waals surface area contributed by atoms with Crippen molar-refractivity contribution in [3.05, 3.63) is 69.0 Å². The third-order valence-corrected chi connectivity index (χ3v) is 5.20. The summed E-state index contributed by atoms with van der Waals surface area (Å²) >= 11 is 11.8. The molecule has 1 atom stereocenters. The molecule has 1 aliphatic rings. The van der Waals surface area contributed by atoms with E-state index in [1.54, 1.807) is 30.0 Å². The van der Waals surface area contributed by atoms with Gasteiger partial charge in [0.2, 0.25) is 5.91 Å². The number of nitrogens with one attached hydrogen (secondary N) is 1. The molecular formula is C20H19Cl2FN2O2. The van der Waals surface area contributed by atoms with Crippen LogP contribution in [0.5, 0.6) is 0 Å². The first kappa shape index (κ1) is 19.6. The Morgan fingerprint density at radius 3 is 2.74 bits per heavy atom. The molecule has 142 valence electrons. The molecule has 2 amide bonds. The Kier molecular flexibility index (Phi) is 6.02.